The van der Waals surface area contributed by atoms with Crippen LogP contribution in [0.5, 0.6) is 0 Å². The Labute approximate surface area is 126 Å². The average Bonchev–Trinajstić information content (AvgIpc) is 3.02. The Balaban J connectivity index is 1.54. The van der Waals surface area contributed by atoms with E-state index in [1.165, 1.54) is 62.2 Å². The van der Waals surface area contributed by atoms with E-state index in [2.05, 4.69) is 23.8 Å². The van der Waals surface area contributed by atoms with Crippen LogP contribution < -0.4 is 0 Å². The van der Waals surface area contributed by atoms with E-state index in [1.807, 2.05) is 11.8 Å². The van der Waals surface area contributed by atoms with Crippen molar-refractivity contribution in [2.75, 3.05) is 17.3 Å². The van der Waals surface area contributed by atoms with E-state index in [-0.39, 0.29) is 0 Å². The molecule has 0 aliphatic heterocycles. The number of thioether (sulfide) groups is 2. The number of unbranched alkanes of at least 4 members (excludes halogenated alkanes) is 3. The van der Waals surface area contributed by atoms with Crippen molar-refractivity contribution in [1.29, 1.82) is 0 Å². The Morgan fingerprint density at radius 1 is 1.16 bits per heavy atom. The molecule has 2 aliphatic carbocycles. The molecule has 2 aliphatic rings. The summed E-state index contributed by atoms with van der Waals surface area (Å²) in [7, 11) is 0. The van der Waals surface area contributed by atoms with E-state index in [1.54, 1.807) is 0 Å². The number of nitrogens with zero attached hydrogens (tertiary/aromatic N) is 1. The van der Waals surface area contributed by atoms with Gasteiger partial charge in [0.1, 0.15) is 0 Å². The third-order valence-corrected chi connectivity index (χ3v) is 7.15. The summed E-state index contributed by atoms with van der Waals surface area (Å²) < 4.78 is 0. The van der Waals surface area contributed by atoms with Crippen LogP contribution in [0.25, 0.3) is 0 Å². The van der Waals surface area contributed by atoms with E-state index < -0.39 is 0 Å². The fourth-order valence-electron chi connectivity index (χ4n) is 3.36. The highest BCUT2D eigenvalue weighted by Gasteiger charge is 2.45. The van der Waals surface area contributed by atoms with Crippen LogP contribution in [-0.4, -0.2) is 33.4 Å². The predicted octanol–water partition coefficient (Wildman–Crippen LogP) is 4.66. The van der Waals surface area contributed by atoms with Crippen LogP contribution >= 0.6 is 23.5 Å². The van der Waals surface area contributed by atoms with Gasteiger partial charge in [-0.25, -0.2) is 0 Å². The van der Waals surface area contributed by atoms with E-state index in [9.17, 15) is 0 Å². The fraction of sp³-hybridized carbons (Fsp3) is 0.933. The van der Waals surface area contributed by atoms with Crippen LogP contribution in [0.2, 0.25) is 0 Å². The Bertz CT molecular complexity index is 296. The second kappa shape index (κ2) is 8.46. The van der Waals surface area contributed by atoms with Crippen LogP contribution in [0.4, 0.5) is 0 Å². The zero-order valence-electron chi connectivity index (χ0n) is 12.0. The van der Waals surface area contributed by atoms with Gasteiger partial charge in [-0.3, -0.25) is 0 Å². The fourth-order valence-corrected chi connectivity index (χ4v) is 6.01. The highest BCUT2D eigenvalue weighted by molar-refractivity contribution is 8.03. The third kappa shape index (κ3) is 4.32. The molecule has 2 fully saturated rings. The van der Waals surface area contributed by atoms with Crippen LogP contribution in [-0.2, 0) is 0 Å². The smallest absolute Gasteiger partial charge is 0.0734 e. The molecule has 0 unspecified atom stereocenters. The maximum Gasteiger partial charge on any atom is 0.0734 e. The Hall–Kier alpha value is 0.170. The van der Waals surface area contributed by atoms with Gasteiger partial charge >= 0.3 is 0 Å². The highest BCUT2D eigenvalue weighted by Crippen LogP contribution is 2.47. The van der Waals surface area contributed by atoms with Crippen molar-refractivity contribution >= 4 is 29.2 Å². The van der Waals surface area contributed by atoms with E-state index in [0.717, 1.165) is 11.6 Å². The van der Waals surface area contributed by atoms with Crippen LogP contribution in [0.1, 0.15) is 51.9 Å². The van der Waals surface area contributed by atoms with Gasteiger partial charge in [0, 0.05) is 22.7 Å². The Morgan fingerprint density at radius 3 is 2.84 bits per heavy atom. The Morgan fingerprint density at radius 2 is 2.05 bits per heavy atom. The van der Waals surface area contributed by atoms with Gasteiger partial charge in [-0.15, -0.1) is 0 Å². The van der Waals surface area contributed by atoms with Crippen LogP contribution in [0.15, 0.2) is 5.16 Å². The molecule has 0 heterocycles. The molecule has 19 heavy (non-hydrogen) atoms. The van der Waals surface area contributed by atoms with E-state index in [4.69, 9.17) is 5.21 Å². The summed E-state index contributed by atoms with van der Waals surface area (Å²) in [6, 6.07) is 0. The van der Waals surface area contributed by atoms with E-state index >= 15 is 0 Å². The zero-order valence-corrected chi connectivity index (χ0v) is 13.6. The number of hydrogen-bond acceptors (Lipinski definition) is 4. The summed E-state index contributed by atoms with van der Waals surface area (Å²) in [5.41, 5.74) is 1.11. The van der Waals surface area contributed by atoms with Gasteiger partial charge in [-0.1, -0.05) is 31.3 Å². The van der Waals surface area contributed by atoms with Crippen molar-refractivity contribution < 1.29 is 5.21 Å². The minimum atomic E-state index is 0.532. The molecule has 0 saturated heterocycles. The zero-order chi connectivity index (χ0) is 13.5. The molecular weight excluding hydrogens is 274 g/mol. The topological polar surface area (TPSA) is 32.6 Å². The third-order valence-electron chi connectivity index (χ3n) is 4.39. The van der Waals surface area contributed by atoms with E-state index in [0.29, 0.717) is 11.2 Å². The SMILES string of the molecule is CCCCCCSCCS[C@H]1/C(=N\O)[C@H]2CC[C@H]1C2. The van der Waals surface area contributed by atoms with Crippen molar-refractivity contribution in [2.24, 2.45) is 17.0 Å². The van der Waals surface area contributed by atoms with Crippen LogP contribution in [0.3, 0.4) is 0 Å². The van der Waals surface area contributed by atoms with Crippen molar-refractivity contribution in [3.8, 4) is 0 Å². The summed E-state index contributed by atoms with van der Waals surface area (Å²) in [6.45, 7) is 2.26. The molecule has 3 atom stereocenters. The van der Waals surface area contributed by atoms with Gasteiger partial charge in [-0.2, -0.15) is 23.5 Å². The van der Waals surface area contributed by atoms with Crippen molar-refractivity contribution in [1.82, 2.24) is 0 Å². The highest BCUT2D eigenvalue weighted by atomic mass is 32.2. The first-order chi connectivity index (χ1) is 9.36. The quantitative estimate of drug-likeness (QED) is 0.382. The molecule has 0 aromatic heterocycles. The van der Waals surface area contributed by atoms with Crippen molar-refractivity contribution in [3.05, 3.63) is 0 Å². The summed E-state index contributed by atoms with van der Waals surface area (Å²) >= 11 is 4.13. The lowest BCUT2D eigenvalue weighted by molar-refractivity contribution is 0.314. The number of fused-ring (bicyclic) bond motifs is 2. The van der Waals surface area contributed by atoms with Crippen molar-refractivity contribution in [2.45, 2.75) is 57.1 Å². The first-order valence-electron chi connectivity index (χ1n) is 7.78. The molecule has 1 N–H and O–H groups in total. The molecule has 0 radical (unpaired) electrons. The molecule has 2 nitrogen and oxygen atoms in total. The Kier molecular flexibility index (Phi) is 6.92. The first-order valence-corrected chi connectivity index (χ1v) is 9.98. The lowest BCUT2D eigenvalue weighted by Crippen LogP contribution is -2.25. The maximum atomic E-state index is 9.15. The average molecular weight is 302 g/mol. The molecule has 110 valence electrons. The standard InChI is InChI=1S/C15H27NOS2/c1-2-3-4-5-8-18-9-10-19-15-13-7-6-12(11-13)14(15)16-17/h12-13,15,17H,2-11H2,1H3/b16-14-/t12-,13-,15+/m0/s1. The first kappa shape index (κ1) is 15.6. The summed E-state index contributed by atoms with van der Waals surface area (Å²) in [6.07, 6.45) is 9.37. The molecule has 2 bridgehead atoms. The second-order valence-electron chi connectivity index (χ2n) is 5.76. The minimum Gasteiger partial charge on any atom is -0.411 e. The van der Waals surface area contributed by atoms with Gasteiger partial charge in [0.05, 0.1) is 5.71 Å². The van der Waals surface area contributed by atoms with Crippen LogP contribution in [0, 0.1) is 11.8 Å². The molecule has 4 heteroatoms. The molecule has 2 rings (SSSR count). The molecule has 0 aromatic carbocycles. The summed E-state index contributed by atoms with van der Waals surface area (Å²) in [5.74, 6) is 5.19. The van der Waals surface area contributed by atoms with Crippen molar-refractivity contribution in [3.63, 3.8) is 0 Å². The normalized spacial score (nSPS) is 31.4. The van der Waals surface area contributed by atoms with Gasteiger partial charge in [0.15, 0.2) is 0 Å². The lowest BCUT2D eigenvalue weighted by atomic mass is 9.98. The summed E-state index contributed by atoms with van der Waals surface area (Å²) in [4.78, 5) is 0. The monoisotopic (exact) mass is 301 g/mol. The molecular formula is C15H27NOS2. The molecule has 2 saturated carbocycles. The minimum absolute atomic E-state index is 0.532. The van der Waals surface area contributed by atoms with Gasteiger partial charge in [-0.05, 0) is 37.4 Å². The summed E-state index contributed by atoms with van der Waals surface area (Å²) in [5, 5.41) is 13.3. The molecule has 0 spiro atoms. The lowest BCUT2D eigenvalue weighted by Gasteiger charge is -2.22. The largest absolute Gasteiger partial charge is 0.411 e. The predicted molar refractivity (Wildman–Crippen MR) is 87.8 cm³/mol. The number of rotatable bonds is 9. The maximum absolute atomic E-state index is 9.15. The van der Waals surface area contributed by atoms with Gasteiger partial charge in [0.25, 0.3) is 0 Å². The number of oxime groups is 1. The number of hydrogen-bond donors (Lipinski definition) is 1. The van der Waals surface area contributed by atoms with Gasteiger partial charge in [0.2, 0.25) is 0 Å². The van der Waals surface area contributed by atoms with Gasteiger partial charge < -0.3 is 5.21 Å². The molecule has 0 aromatic rings. The molecule has 0 amide bonds. The second-order valence-corrected chi connectivity index (χ2v) is 8.23.